The Kier molecular flexibility index (Phi) is 10.2. The molecule has 0 aromatic heterocycles. The number of benzene rings is 2. The maximum Gasteiger partial charge on any atom is 0.326 e. The Balaban J connectivity index is 1.66. The van der Waals surface area contributed by atoms with Gasteiger partial charge in [-0.1, -0.05) is 30.3 Å². The molecule has 7 N–H and O–H groups in total. The van der Waals surface area contributed by atoms with Crippen LogP contribution in [0.3, 0.4) is 0 Å². The highest BCUT2D eigenvalue weighted by molar-refractivity contribution is 8.02. The lowest BCUT2D eigenvalue weighted by molar-refractivity contribution is -0.142. The fourth-order valence-electron chi connectivity index (χ4n) is 4.22. The maximum atomic E-state index is 13.4. The van der Waals surface area contributed by atoms with Crippen LogP contribution in [0.2, 0.25) is 0 Å². The number of guanidine groups is 1. The van der Waals surface area contributed by atoms with Crippen molar-refractivity contribution >= 4 is 51.2 Å². The lowest BCUT2D eigenvalue weighted by Gasteiger charge is -2.31. The zero-order chi connectivity index (χ0) is 29.5. The van der Waals surface area contributed by atoms with Crippen molar-refractivity contribution in [2.75, 3.05) is 17.7 Å². The van der Waals surface area contributed by atoms with Crippen molar-refractivity contribution in [3.63, 3.8) is 0 Å². The topological polar surface area (TPSA) is 195 Å². The molecule has 2 aromatic rings. The third-order valence-electron chi connectivity index (χ3n) is 6.30. The van der Waals surface area contributed by atoms with Gasteiger partial charge in [-0.15, -0.1) is 11.8 Å². The Hall–Kier alpha value is -3.62. The van der Waals surface area contributed by atoms with Crippen molar-refractivity contribution in [2.45, 2.75) is 54.8 Å². The summed E-state index contributed by atoms with van der Waals surface area (Å²) in [7, 11) is -3.99. The molecule has 2 aromatic carbocycles. The van der Waals surface area contributed by atoms with Gasteiger partial charge in [0.1, 0.15) is 12.1 Å². The number of hydrogen-bond acceptors (Lipinski definition) is 7. The second kappa shape index (κ2) is 13.2. The van der Waals surface area contributed by atoms with E-state index in [-0.39, 0.29) is 35.5 Å². The van der Waals surface area contributed by atoms with E-state index >= 15 is 0 Å². The minimum absolute atomic E-state index is 0.0439. The second-order valence-corrected chi connectivity index (χ2v) is 13.3. The fourth-order valence-corrected chi connectivity index (χ4v) is 7.41. The minimum atomic E-state index is -3.99. The van der Waals surface area contributed by atoms with Crippen LogP contribution in [-0.4, -0.2) is 70.8 Å². The molecule has 0 aliphatic carbocycles. The number of nitrogens with two attached hydrogens (primary N) is 1. The average Bonchev–Trinajstić information content (AvgIpc) is 3.23. The predicted octanol–water partition coefficient (Wildman–Crippen LogP) is 1.54. The first kappa shape index (κ1) is 30.9. The van der Waals surface area contributed by atoms with Crippen LogP contribution in [-0.2, 0) is 30.8 Å². The monoisotopic (exact) mass is 590 g/mol. The minimum Gasteiger partial charge on any atom is -0.480 e. The molecule has 1 aliphatic heterocycles. The molecule has 1 heterocycles. The highest BCUT2D eigenvalue weighted by Gasteiger charge is 2.51. The predicted molar refractivity (Wildman–Crippen MR) is 153 cm³/mol. The third-order valence-corrected chi connectivity index (χ3v) is 9.66. The highest BCUT2D eigenvalue weighted by Crippen LogP contribution is 2.42. The molecule has 2 amide bonds. The van der Waals surface area contributed by atoms with Crippen LogP contribution in [0.5, 0.6) is 0 Å². The summed E-state index contributed by atoms with van der Waals surface area (Å²) in [5.74, 6) is -2.27. The normalized spacial score (nSPS) is 17.5. The Morgan fingerprint density at radius 2 is 1.80 bits per heavy atom. The standard InChI is InChI=1S/C26H34N6O6S2/c1-26(2)22(32(16-39-26)40(37,38)19-7-4-3-5-8-19)23(34)31-20(24(35)36)15-17-10-12-18(13-11-17)30-21(33)9-6-14-29-25(27)28/h3-5,7-8,10-13,20,22H,6,9,14-16H2,1-2H3,(H,30,33)(H,31,34)(H,35,36)(H4,27,28,29)/t20-,22+/m0/s1. The summed E-state index contributed by atoms with van der Waals surface area (Å²) in [5, 5.41) is 24.8. The Morgan fingerprint density at radius 3 is 2.40 bits per heavy atom. The number of anilines is 1. The van der Waals surface area contributed by atoms with Gasteiger partial charge >= 0.3 is 5.97 Å². The summed E-state index contributed by atoms with van der Waals surface area (Å²) < 4.78 is 27.0. The van der Waals surface area contributed by atoms with E-state index in [2.05, 4.69) is 16.0 Å². The van der Waals surface area contributed by atoms with Crippen molar-refractivity contribution < 1.29 is 27.9 Å². The number of amides is 2. The molecule has 2 atom stereocenters. The zero-order valence-corrected chi connectivity index (χ0v) is 23.8. The molecule has 0 saturated carbocycles. The van der Waals surface area contributed by atoms with Crippen molar-refractivity contribution in [2.24, 2.45) is 5.73 Å². The largest absolute Gasteiger partial charge is 0.480 e. The van der Waals surface area contributed by atoms with Crippen molar-refractivity contribution in [3.05, 3.63) is 60.2 Å². The summed E-state index contributed by atoms with van der Waals surface area (Å²) in [5.41, 5.74) is 6.33. The van der Waals surface area contributed by atoms with Gasteiger partial charge in [0, 0.05) is 29.8 Å². The van der Waals surface area contributed by atoms with Gasteiger partial charge in [0.2, 0.25) is 21.8 Å². The van der Waals surface area contributed by atoms with Gasteiger partial charge in [-0.25, -0.2) is 13.2 Å². The van der Waals surface area contributed by atoms with Gasteiger partial charge in [-0.05, 0) is 50.1 Å². The van der Waals surface area contributed by atoms with E-state index in [9.17, 15) is 27.9 Å². The number of carboxylic acid groups (broad SMARTS) is 1. The molecule has 3 rings (SSSR count). The molecule has 0 radical (unpaired) electrons. The molecule has 1 aliphatic rings. The molecule has 0 unspecified atom stereocenters. The van der Waals surface area contributed by atoms with E-state index in [0.717, 1.165) is 4.31 Å². The molecular weight excluding hydrogens is 556 g/mol. The number of rotatable bonds is 12. The number of carbonyl (C=O) groups excluding carboxylic acids is 2. The second-order valence-electron chi connectivity index (χ2n) is 9.78. The van der Waals surface area contributed by atoms with Crippen molar-refractivity contribution in [1.82, 2.24) is 14.9 Å². The summed E-state index contributed by atoms with van der Waals surface area (Å²) in [4.78, 5) is 37.6. The molecule has 14 heteroatoms. The Bertz CT molecular complexity index is 1340. The zero-order valence-electron chi connectivity index (χ0n) is 22.2. The molecule has 1 fully saturated rings. The van der Waals surface area contributed by atoms with E-state index < -0.39 is 38.7 Å². The third kappa shape index (κ3) is 7.96. The number of sulfonamides is 1. The van der Waals surface area contributed by atoms with Gasteiger partial charge < -0.3 is 26.8 Å². The summed E-state index contributed by atoms with van der Waals surface area (Å²) in [6.07, 6.45) is 0.670. The quantitative estimate of drug-likeness (QED) is 0.121. The molecule has 1 saturated heterocycles. The summed E-state index contributed by atoms with van der Waals surface area (Å²) in [6.45, 7) is 3.91. The average molecular weight is 591 g/mol. The van der Waals surface area contributed by atoms with E-state index in [1.807, 2.05) is 0 Å². The lowest BCUT2D eigenvalue weighted by Crippen LogP contribution is -2.56. The SMILES string of the molecule is CC1(C)SCN(S(=O)(=O)c2ccccc2)[C@@H]1C(=O)N[C@@H](Cc1ccc(NC(=O)CCCNC(=N)N)cc1)C(=O)O. The van der Waals surface area contributed by atoms with Crippen LogP contribution in [0.1, 0.15) is 32.3 Å². The van der Waals surface area contributed by atoms with Crippen molar-refractivity contribution in [3.8, 4) is 0 Å². The Labute approximate surface area is 237 Å². The highest BCUT2D eigenvalue weighted by atomic mass is 32.2. The van der Waals surface area contributed by atoms with Crippen LogP contribution >= 0.6 is 11.8 Å². The van der Waals surface area contributed by atoms with Crippen LogP contribution in [0.25, 0.3) is 0 Å². The molecule has 216 valence electrons. The van der Waals surface area contributed by atoms with Crippen LogP contribution < -0.4 is 21.7 Å². The number of hydrogen-bond donors (Lipinski definition) is 6. The number of aliphatic carboxylic acids is 1. The van der Waals surface area contributed by atoms with E-state index in [4.69, 9.17) is 11.1 Å². The van der Waals surface area contributed by atoms with Crippen LogP contribution in [0, 0.1) is 5.41 Å². The van der Waals surface area contributed by atoms with Gasteiger partial charge in [0.15, 0.2) is 5.96 Å². The molecular formula is C26H34N6O6S2. The van der Waals surface area contributed by atoms with Crippen molar-refractivity contribution in [1.29, 1.82) is 5.41 Å². The number of carboxylic acids is 1. The van der Waals surface area contributed by atoms with Crippen LogP contribution in [0.4, 0.5) is 5.69 Å². The molecule has 40 heavy (non-hydrogen) atoms. The first-order valence-electron chi connectivity index (χ1n) is 12.5. The number of thioether (sulfide) groups is 1. The van der Waals surface area contributed by atoms with E-state index in [1.54, 1.807) is 56.3 Å². The summed E-state index contributed by atoms with van der Waals surface area (Å²) in [6, 6.07) is 11.9. The Morgan fingerprint density at radius 1 is 1.15 bits per heavy atom. The maximum absolute atomic E-state index is 13.4. The number of carbonyl (C=O) groups is 3. The van der Waals surface area contributed by atoms with Gasteiger partial charge in [-0.3, -0.25) is 15.0 Å². The number of nitrogens with zero attached hydrogens (tertiary/aromatic N) is 1. The smallest absolute Gasteiger partial charge is 0.326 e. The fraction of sp³-hybridized carbons (Fsp3) is 0.385. The summed E-state index contributed by atoms with van der Waals surface area (Å²) >= 11 is 1.30. The molecule has 12 nitrogen and oxygen atoms in total. The van der Waals surface area contributed by atoms with E-state index in [0.29, 0.717) is 24.2 Å². The number of nitrogens with one attached hydrogen (secondary N) is 4. The first-order chi connectivity index (χ1) is 18.8. The van der Waals surface area contributed by atoms with E-state index in [1.165, 1.54) is 23.9 Å². The lowest BCUT2D eigenvalue weighted by atomic mass is 10.0. The first-order valence-corrected chi connectivity index (χ1v) is 14.9. The van der Waals surface area contributed by atoms with Gasteiger partial charge in [-0.2, -0.15) is 4.31 Å². The van der Waals surface area contributed by atoms with Crippen LogP contribution in [0.15, 0.2) is 59.5 Å². The molecule has 0 bridgehead atoms. The van der Waals surface area contributed by atoms with Gasteiger partial charge in [0.05, 0.1) is 10.8 Å². The van der Waals surface area contributed by atoms with Gasteiger partial charge in [0.25, 0.3) is 0 Å². The molecule has 0 spiro atoms.